The summed E-state index contributed by atoms with van der Waals surface area (Å²) in [6.45, 7) is 1.67. The van der Waals surface area contributed by atoms with Gasteiger partial charge in [0.2, 0.25) is 0 Å². The summed E-state index contributed by atoms with van der Waals surface area (Å²) in [7, 11) is 0. The van der Waals surface area contributed by atoms with Gasteiger partial charge in [-0.1, -0.05) is 6.08 Å². The summed E-state index contributed by atoms with van der Waals surface area (Å²) in [5, 5.41) is 30.9. The van der Waals surface area contributed by atoms with Gasteiger partial charge in [0, 0.05) is 0 Å². The molecule has 0 heterocycles. The van der Waals surface area contributed by atoms with Crippen molar-refractivity contribution in [1.29, 1.82) is 0 Å². The molecule has 10 heteroatoms. The SMILES string of the molecule is C=CCOCC([N+](=O)[O-])([N+](=O)[O-])[N+](=O)[O-]. The van der Waals surface area contributed by atoms with Gasteiger partial charge in [0.05, 0.1) is 6.61 Å². The Morgan fingerprint density at radius 3 is 1.80 bits per heavy atom. The number of nitro groups is 3. The van der Waals surface area contributed by atoms with E-state index in [0.717, 1.165) is 6.08 Å². The van der Waals surface area contributed by atoms with Crippen molar-refractivity contribution in [3.8, 4) is 0 Å². The lowest BCUT2D eigenvalue weighted by molar-refractivity contribution is -0.970. The molecule has 0 atom stereocenters. The van der Waals surface area contributed by atoms with Crippen LogP contribution in [-0.4, -0.2) is 33.8 Å². The van der Waals surface area contributed by atoms with Crippen molar-refractivity contribution < 1.29 is 19.5 Å². The monoisotopic (exact) mass is 221 g/mol. The molecule has 0 aromatic heterocycles. The van der Waals surface area contributed by atoms with Gasteiger partial charge in [-0.05, 0) is 0 Å². The molecule has 10 nitrogen and oxygen atoms in total. The molecule has 0 fully saturated rings. The average Bonchev–Trinajstić information content (AvgIpc) is 2.10. The second-order valence-electron chi connectivity index (χ2n) is 2.35. The molecule has 0 amide bonds. The van der Waals surface area contributed by atoms with Gasteiger partial charge in [0.25, 0.3) is 6.61 Å². The van der Waals surface area contributed by atoms with Crippen LogP contribution in [0.2, 0.25) is 0 Å². The largest absolute Gasteiger partial charge is 0.723 e. The van der Waals surface area contributed by atoms with Crippen LogP contribution in [-0.2, 0) is 4.74 Å². The molecule has 15 heavy (non-hydrogen) atoms. The van der Waals surface area contributed by atoms with Gasteiger partial charge >= 0.3 is 5.79 Å². The van der Waals surface area contributed by atoms with Crippen LogP contribution in [0.5, 0.6) is 0 Å². The molecule has 0 bridgehead atoms. The lowest BCUT2D eigenvalue weighted by Crippen LogP contribution is -2.56. The minimum atomic E-state index is -3.55. The number of hydrogen-bond donors (Lipinski definition) is 0. The molecule has 0 aliphatic carbocycles. The number of rotatable bonds is 7. The van der Waals surface area contributed by atoms with Crippen molar-refractivity contribution in [2.45, 2.75) is 5.79 Å². The minimum absolute atomic E-state index is 0.253. The molecular formula is C5H7N3O7. The highest BCUT2D eigenvalue weighted by atomic mass is 16.7. The van der Waals surface area contributed by atoms with Crippen molar-refractivity contribution in [1.82, 2.24) is 0 Å². The Kier molecular flexibility index (Phi) is 4.26. The van der Waals surface area contributed by atoms with E-state index in [0.29, 0.717) is 0 Å². The molecule has 0 aromatic carbocycles. The van der Waals surface area contributed by atoms with Crippen LogP contribution in [0.25, 0.3) is 0 Å². The van der Waals surface area contributed by atoms with Crippen molar-refractivity contribution in [3.63, 3.8) is 0 Å². The van der Waals surface area contributed by atoms with Crippen LogP contribution < -0.4 is 0 Å². The van der Waals surface area contributed by atoms with Crippen LogP contribution in [0, 0.1) is 30.3 Å². The molecule has 0 radical (unpaired) electrons. The van der Waals surface area contributed by atoms with Crippen LogP contribution >= 0.6 is 0 Å². The van der Waals surface area contributed by atoms with E-state index in [1.807, 2.05) is 0 Å². The number of ether oxygens (including phenoxy) is 1. The fraction of sp³-hybridized carbons (Fsp3) is 0.600. The Balaban J connectivity index is 4.97. The van der Waals surface area contributed by atoms with E-state index in [2.05, 4.69) is 11.3 Å². The molecule has 0 aliphatic heterocycles. The Morgan fingerprint density at radius 1 is 1.13 bits per heavy atom. The van der Waals surface area contributed by atoms with E-state index in [4.69, 9.17) is 0 Å². The molecule has 0 aliphatic rings. The Bertz CT molecular complexity index is 265. The topological polar surface area (TPSA) is 139 Å². The van der Waals surface area contributed by atoms with Crippen molar-refractivity contribution in [3.05, 3.63) is 43.0 Å². The second kappa shape index (κ2) is 4.95. The zero-order chi connectivity index (χ0) is 12.1. The third kappa shape index (κ3) is 2.43. The first-order chi connectivity index (χ1) is 6.89. The Hall–Kier alpha value is -2.10. The summed E-state index contributed by atoms with van der Waals surface area (Å²) in [5.41, 5.74) is 0. The first-order valence-corrected chi connectivity index (χ1v) is 3.51. The lowest BCUT2D eigenvalue weighted by Gasteiger charge is -2.08. The van der Waals surface area contributed by atoms with Crippen molar-refractivity contribution >= 4 is 0 Å². The fourth-order valence-electron chi connectivity index (χ4n) is 0.637. The standard InChI is InChI=1S/C5H7N3O7/c1-2-3-15-4-5(6(9)10,7(11)12)8(13)14/h2H,1,3-4H2. The van der Waals surface area contributed by atoms with Crippen molar-refractivity contribution in [2.24, 2.45) is 0 Å². The normalized spacial score (nSPS) is 10.7. The highest BCUT2D eigenvalue weighted by molar-refractivity contribution is 4.64. The molecular weight excluding hydrogens is 214 g/mol. The maximum atomic E-state index is 10.3. The van der Waals surface area contributed by atoms with Gasteiger partial charge < -0.3 is 4.74 Å². The molecule has 0 N–H and O–H groups in total. The van der Waals surface area contributed by atoms with Gasteiger partial charge in [0.15, 0.2) is 14.8 Å². The van der Waals surface area contributed by atoms with E-state index in [-0.39, 0.29) is 6.61 Å². The zero-order valence-electron chi connectivity index (χ0n) is 7.40. The summed E-state index contributed by atoms with van der Waals surface area (Å²) in [6.07, 6.45) is 1.16. The summed E-state index contributed by atoms with van der Waals surface area (Å²) in [5.74, 6) is -3.55. The Labute approximate surface area is 82.6 Å². The van der Waals surface area contributed by atoms with E-state index in [1.165, 1.54) is 0 Å². The van der Waals surface area contributed by atoms with E-state index in [1.54, 1.807) is 0 Å². The maximum absolute atomic E-state index is 10.3. The summed E-state index contributed by atoms with van der Waals surface area (Å²) >= 11 is 0. The third-order valence-electron chi connectivity index (χ3n) is 1.41. The smallest absolute Gasteiger partial charge is 0.356 e. The molecule has 84 valence electrons. The van der Waals surface area contributed by atoms with E-state index in [9.17, 15) is 30.3 Å². The quantitative estimate of drug-likeness (QED) is 0.188. The predicted octanol–water partition coefficient (Wildman–Crippen LogP) is -0.327. The highest BCUT2D eigenvalue weighted by Crippen LogP contribution is 2.12. The van der Waals surface area contributed by atoms with Gasteiger partial charge in [-0.25, -0.2) is 0 Å². The highest BCUT2D eigenvalue weighted by Gasteiger charge is 2.70. The number of nitrogens with zero attached hydrogens (tertiary/aromatic N) is 3. The third-order valence-corrected chi connectivity index (χ3v) is 1.41. The zero-order valence-corrected chi connectivity index (χ0v) is 7.40. The molecule has 0 aromatic rings. The van der Waals surface area contributed by atoms with Gasteiger partial charge in [0.1, 0.15) is 0 Å². The van der Waals surface area contributed by atoms with Crippen LogP contribution in [0.4, 0.5) is 0 Å². The average molecular weight is 221 g/mol. The molecule has 0 spiro atoms. The van der Waals surface area contributed by atoms with Gasteiger partial charge in [-0.2, -0.15) is 0 Å². The molecule has 0 unspecified atom stereocenters. The maximum Gasteiger partial charge on any atom is 0.723 e. The van der Waals surface area contributed by atoms with E-state index >= 15 is 0 Å². The summed E-state index contributed by atoms with van der Waals surface area (Å²) in [4.78, 5) is 26.1. The molecule has 0 rings (SSSR count). The first-order valence-electron chi connectivity index (χ1n) is 3.51. The second-order valence-corrected chi connectivity index (χ2v) is 2.35. The van der Waals surface area contributed by atoms with Crippen molar-refractivity contribution in [2.75, 3.05) is 13.2 Å². The van der Waals surface area contributed by atoms with Crippen LogP contribution in [0.3, 0.4) is 0 Å². The molecule has 0 saturated heterocycles. The van der Waals surface area contributed by atoms with E-state index < -0.39 is 27.2 Å². The fourth-order valence-corrected chi connectivity index (χ4v) is 0.637. The van der Waals surface area contributed by atoms with Crippen LogP contribution in [0.15, 0.2) is 12.7 Å². The molecule has 0 saturated carbocycles. The summed E-state index contributed by atoms with van der Waals surface area (Å²) in [6, 6.07) is 0. The Morgan fingerprint density at radius 2 is 1.53 bits per heavy atom. The summed E-state index contributed by atoms with van der Waals surface area (Å²) < 4.78 is 4.39. The lowest BCUT2D eigenvalue weighted by atomic mass is 10.4. The van der Waals surface area contributed by atoms with Crippen LogP contribution in [0.1, 0.15) is 0 Å². The van der Waals surface area contributed by atoms with Gasteiger partial charge in [-0.3, -0.25) is 30.3 Å². The predicted molar refractivity (Wildman–Crippen MR) is 44.7 cm³/mol. The van der Waals surface area contributed by atoms with Gasteiger partial charge in [-0.15, -0.1) is 6.58 Å². The number of hydrogen-bond acceptors (Lipinski definition) is 7. The first kappa shape index (κ1) is 12.9. The minimum Gasteiger partial charge on any atom is -0.356 e.